The van der Waals surface area contributed by atoms with Crippen LogP contribution in [0, 0.1) is 0 Å². The molecule has 8 heteroatoms. The molecule has 2 amide bonds. The number of phenolic OH excluding ortho intramolecular Hbond substituents is 1. The first-order valence-corrected chi connectivity index (χ1v) is 11.0. The van der Waals surface area contributed by atoms with Crippen LogP contribution in [0.3, 0.4) is 0 Å². The maximum atomic E-state index is 13.3. The number of carbonyl (C=O) groups is 3. The fourth-order valence-electron chi connectivity index (χ4n) is 4.06. The molecule has 0 bridgehead atoms. The lowest BCUT2D eigenvalue weighted by molar-refractivity contribution is -0.141. The van der Waals surface area contributed by atoms with Crippen molar-refractivity contribution in [3.8, 4) is 5.75 Å². The van der Waals surface area contributed by atoms with Gasteiger partial charge in [0.1, 0.15) is 12.3 Å². The number of esters is 1. The maximum absolute atomic E-state index is 13.3. The van der Waals surface area contributed by atoms with Gasteiger partial charge in [0.15, 0.2) is 0 Å². The van der Waals surface area contributed by atoms with E-state index in [4.69, 9.17) is 4.98 Å². The van der Waals surface area contributed by atoms with E-state index in [0.717, 1.165) is 40.6 Å². The van der Waals surface area contributed by atoms with E-state index in [2.05, 4.69) is 15.4 Å². The summed E-state index contributed by atoms with van der Waals surface area (Å²) in [4.78, 5) is 41.4. The van der Waals surface area contributed by atoms with Crippen LogP contribution < -0.4 is 10.6 Å². The summed E-state index contributed by atoms with van der Waals surface area (Å²) in [7, 11) is 1.23. The van der Waals surface area contributed by atoms with Gasteiger partial charge in [-0.05, 0) is 60.2 Å². The van der Waals surface area contributed by atoms with Crippen LogP contribution in [0.15, 0.2) is 48.5 Å². The Morgan fingerprint density at radius 2 is 1.79 bits per heavy atom. The molecule has 174 valence electrons. The highest BCUT2D eigenvalue weighted by molar-refractivity contribution is 6.09. The van der Waals surface area contributed by atoms with Crippen molar-refractivity contribution in [2.45, 2.75) is 19.3 Å². The zero-order valence-electron chi connectivity index (χ0n) is 18.8. The largest absolute Gasteiger partial charge is 0.508 e. The molecule has 8 nitrogen and oxygen atoms in total. The highest BCUT2D eigenvalue weighted by atomic mass is 16.5. The molecule has 0 atom stereocenters. The van der Waals surface area contributed by atoms with Crippen molar-refractivity contribution in [1.29, 1.82) is 0 Å². The number of amides is 2. The third-order valence-corrected chi connectivity index (χ3v) is 5.70. The van der Waals surface area contributed by atoms with Crippen molar-refractivity contribution in [2.24, 2.45) is 0 Å². The molecule has 3 aromatic rings. The summed E-state index contributed by atoms with van der Waals surface area (Å²) in [6.45, 7) is -0.526. The van der Waals surface area contributed by atoms with Crippen molar-refractivity contribution >= 4 is 40.3 Å². The van der Waals surface area contributed by atoms with E-state index in [-0.39, 0.29) is 24.7 Å². The van der Waals surface area contributed by atoms with Crippen molar-refractivity contribution in [3.63, 3.8) is 0 Å². The molecule has 0 radical (unpaired) electrons. The molecule has 1 aliphatic rings. The summed E-state index contributed by atoms with van der Waals surface area (Å²) in [6, 6.07) is 14.4. The van der Waals surface area contributed by atoms with E-state index in [1.54, 1.807) is 12.1 Å². The highest BCUT2D eigenvalue weighted by Gasteiger charge is 2.25. The predicted molar refractivity (Wildman–Crippen MR) is 128 cm³/mol. The number of methoxy groups -OCH3 is 1. The second kappa shape index (κ2) is 10.2. The summed E-state index contributed by atoms with van der Waals surface area (Å²) in [5.41, 5.74) is 4.78. The number of hydrogen-bond acceptors (Lipinski definition) is 6. The Morgan fingerprint density at radius 3 is 2.56 bits per heavy atom. The summed E-state index contributed by atoms with van der Waals surface area (Å²) < 4.78 is 4.50. The minimum atomic E-state index is -0.568. The van der Waals surface area contributed by atoms with Crippen LogP contribution in [0.4, 0.5) is 0 Å². The molecule has 4 rings (SSSR count). The molecular formula is C26H25N3O5. The molecule has 0 unspecified atom stereocenters. The molecule has 34 heavy (non-hydrogen) atoms. The average molecular weight is 460 g/mol. The van der Waals surface area contributed by atoms with Crippen LogP contribution in [0.5, 0.6) is 5.75 Å². The fraction of sp³-hybridized carbons (Fsp3) is 0.231. The number of fused-ring (bicyclic) bond motifs is 2. The van der Waals surface area contributed by atoms with E-state index < -0.39 is 11.9 Å². The number of aromatic nitrogens is 1. The Labute approximate surface area is 196 Å². The van der Waals surface area contributed by atoms with Crippen LogP contribution in [0.25, 0.3) is 22.6 Å². The van der Waals surface area contributed by atoms with Gasteiger partial charge in [-0.3, -0.25) is 14.4 Å². The topological polar surface area (TPSA) is 118 Å². The van der Waals surface area contributed by atoms with Gasteiger partial charge in [-0.15, -0.1) is 0 Å². The number of allylic oxidation sites excluding steroid dienone is 1. The maximum Gasteiger partial charge on any atom is 0.325 e. The van der Waals surface area contributed by atoms with Gasteiger partial charge >= 0.3 is 5.97 Å². The van der Waals surface area contributed by atoms with E-state index in [1.807, 2.05) is 42.5 Å². The van der Waals surface area contributed by atoms with Gasteiger partial charge in [0.2, 0.25) is 5.91 Å². The Kier molecular flexibility index (Phi) is 6.87. The molecule has 0 fully saturated rings. The molecule has 2 aromatic carbocycles. The van der Waals surface area contributed by atoms with Crippen LogP contribution >= 0.6 is 0 Å². The number of rotatable bonds is 6. The van der Waals surface area contributed by atoms with Gasteiger partial charge in [-0.1, -0.05) is 30.3 Å². The highest BCUT2D eigenvalue weighted by Crippen LogP contribution is 2.36. The van der Waals surface area contributed by atoms with E-state index in [1.165, 1.54) is 7.11 Å². The summed E-state index contributed by atoms with van der Waals surface area (Å²) >= 11 is 0. The first kappa shape index (κ1) is 23.0. The monoisotopic (exact) mass is 459 g/mol. The lowest BCUT2D eigenvalue weighted by Gasteiger charge is -2.23. The van der Waals surface area contributed by atoms with Gasteiger partial charge in [0.25, 0.3) is 5.91 Å². The quantitative estimate of drug-likeness (QED) is 0.488. The lowest BCUT2D eigenvalue weighted by atomic mass is 9.85. The predicted octanol–water partition coefficient (Wildman–Crippen LogP) is 2.84. The first-order valence-electron chi connectivity index (χ1n) is 11.0. The lowest BCUT2D eigenvalue weighted by Crippen LogP contribution is -2.39. The number of nitrogens with zero attached hydrogens (tertiary/aromatic N) is 1. The van der Waals surface area contributed by atoms with Crippen LogP contribution in [-0.4, -0.2) is 48.1 Å². The summed E-state index contributed by atoms with van der Waals surface area (Å²) in [5, 5.41) is 15.4. The van der Waals surface area contributed by atoms with Crippen molar-refractivity contribution < 1.29 is 24.2 Å². The number of benzene rings is 2. The Morgan fingerprint density at radius 1 is 1.03 bits per heavy atom. The second-order valence-corrected chi connectivity index (χ2v) is 7.98. The number of aromatic hydroxyl groups is 1. The van der Waals surface area contributed by atoms with Crippen LogP contribution in [0.1, 0.15) is 40.0 Å². The number of ether oxygens (including phenoxy) is 1. The molecular weight excluding hydrogens is 434 g/mol. The number of para-hydroxylation sites is 1. The molecule has 1 aliphatic carbocycles. The third kappa shape index (κ3) is 5.06. The minimum Gasteiger partial charge on any atom is -0.508 e. The second-order valence-electron chi connectivity index (χ2n) is 7.98. The van der Waals surface area contributed by atoms with Crippen molar-refractivity contribution in [1.82, 2.24) is 15.6 Å². The van der Waals surface area contributed by atoms with Gasteiger partial charge < -0.3 is 20.5 Å². The number of phenols is 1. The van der Waals surface area contributed by atoms with Gasteiger partial charge in [-0.2, -0.15) is 0 Å². The minimum absolute atomic E-state index is 0.199. The standard InChI is InChI=1S/C26H25N3O5/c1-34-23(32)15-27-22(31)14-28-26(33)24-19-6-2-3-8-21(19)29-25-17(5-4-7-20(24)25)13-16-9-11-18(30)12-10-16/h2-3,6,8-13,30H,4-5,7,14-15H2,1H3,(H,27,31)(H,28,33). The van der Waals surface area contributed by atoms with Gasteiger partial charge in [0.05, 0.1) is 30.4 Å². The number of hydrogen-bond donors (Lipinski definition) is 3. The molecule has 0 aliphatic heterocycles. The SMILES string of the molecule is COC(=O)CNC(=O)CNC(=O)c1c2c(nc3ccccc13)C(=Cc1ccc(O)cc1)CCC2. The van der Waals surface area contributed by atoms with Crippen molar-refractivity contribution in [3.05, 3.63) is 70.9 Å². The number of pyridine rings is 1. The Bertz CT molecular complexity index is 1280. The molecule has 3 N–H and O–H groups in total. The van der Waals surface area contributed by atoms with Crippen LogP contribution in [0.2, 0.25) is 0 Å². The van der Waals surface area contributed by atoms with E-state index in [0.29, 0.717) is 17.5 Å². The molecule has 0 saturated carbocycles. The Balaban J connectivity index is 1.67. The Hall–Kier alpha value is -4.20. The smallest absolute Gasteiger partial charge is 0.325 e. The summed E-state index contributed by atoms with van der Waals surface area (Å²) in [5.74, 6) is -1.22. The number of carbonyl (C=O) groups excluding carboxylic acids is 3. The number of nitrogens with one attached hydrogen (secondary N) is 2. The first-order chi connectivity index (χ1) is 16.5. The fourth-order valence-corrected chi connectivity index (χ4v) is 4.06. The normalized spacial score (nSPS) is 13.9. The molecule has 0 saturated heterocycles. The third-order valence-electron chi connectivity index (χ3n) is 5.70. The van der Waals surface area contributed by atoms with Gasteiger partial charge in [0, 0.05) is 5.39 Å². The van der Waals surface area contributed by atoms with E-state index >= 15 is 0 Å². The zero-order chi connectivity index (χ0) is 24.1. The molecule has 1 heterocycles. The van der Waals surface area contributed by atoms with Crippen molar-refractivity contribution in [2.75, 3.05) is 20.2 Å². The van der Waals surface area contributed by atoms with E-state index in [9.17, 15) is 19.5 Å². The molecule has 0 spiro atoms. The molecule has 1 aromatic heterocycles. The van der Waals surface area contributed by atoms with Gasteiger partial charge in [-0.25, -0.2) is 4.98 Å². The zero-order valence-corrected chi connectivity index (χ0v) is 18.8. The summed E-state index contributed by atoms with van der Waals surface area (Å²) in [6.07, 6.45) is 4.39. The average Bonchev–Trinajstić information content (AvgIpc) is 2.86. The van der Waals surface area contributed by atoms with Crippen LogP contribution in [-0.2, 0) is 20.7 Å².